The van der Waals surface area contributed by atoms with E-state index < -0.39 is 95.8 Å². The first-order chi connectivity index (χ1) is 20.0. The zero-order chi connectivity index (χ0) is 32.3. The van der Waals surface area contributed by atoms with Crippen LogP contribution in [0.25, 0.3) is 0 Å². The summed E-state index contributed by atoms with van der Waals surface area (Å²) in [6.45, 7) is 12.0. The molecule has 234 valence electrons. The van der Waals surface area contributed by atoms with Gasteiger partial charge in [0.25, 0.3) is 0 Å². The van der Waals surface area contributed by atoms with Crippen molar-refractivity contribution in [3.8, 4) is 0 Å². The maximum absolute atomic E-state index is 15.3. The molecule has 0 nitrogen and oxygen atoms in total. The standard InChI is InChI=1S/C31H31BF10P/c1-13(2)16-11-17(14(3)4)31(18(12-16)15(5)6)43-9-7-32(8-10-43,19-21(33)25(37)29(41)26(38)22(19)34)20-23(35)27(39)30(42)28(40)24(20)36/h11-15H,7-10H2,1-6H3/q-1. The van der Waals surface area contributed by atoms with Gasteiger partial charge in [0, 0.05) is 0 Å². The minimum absolute atomic E-state index is 0.00517. The molecule has 1 aliphatic rings. The molecule has 1 fully saturated rings. The molecule has 0 spiro atoms. The lowest BCUT2D eigenvalue weighted by Gasteiger charge is -2.48. The van der Waals surface area contributed by atoms with Crippen molar-refractivity contribution in [3.05, 3.63) is 87.0 Å². The van der Waals surface area contributed by atoms with Crippen molar-refractivity contribution in [2.24, 2.45) is 0 Å². The molecular formula is C31H31BF10P-. The molecule has 0 atom stereocenters. The van der Waals surface area contributed by atoms with Crippen LogP contribution in [0.15, 0.2) is 12.1 Å². The molecule has 3 aromatic rings. The van der Waals surface area contributed by atoms with Gasteiger partial charge in [-0.1, -0.05) is 73.9 Å². The van der Waals surface area contributed by atoms with Gasteiger partial charge in [-0.2, -0.15) is 12.6 Å². The van der Waals surface area contributed by atoms with Crippen LogP contribution in [-0.4, -0.2) is 18.5 Å². The van der Waals surface area contributed by atoms with Crippen LogP contribution in [-0.2, 0) is 0 Å². The number of benzene rings is 3. The minimum atomic E-state index is -3.69. The molecule has 0 aliphatic carbocycles. The minimum Gasteiger partial charge on any atom is -0.207 e. The quantitative estimate of drug-likeness (QED) is 0.0836. The smallest absolute Gasteiger partial charge is 0.200 e. The summed E-state index contributed by atoms with van der Waals surface area (Å²) in [5.74, 6) is -23.5. The van der Waals surface area contributed by atoms with E-state index in [1.807, 2.05) is 41.5 Å². The summed E-state index contributed by atoms with van der Waals surface area (Å²) in [5.41, 5.74) is 0.0154. The summed E-state index contributed by atoms with van der Waals surface area (Å²) in [5, 5.41) is 0.976. The summed E-state index contributed by atoms with van der Waals surface area (Å²) in [7, 11) is -1.22. The largest absolute Gasteiger partial charge is 0.207 e. The second-order valence-electron chi connectivity index (χ2n) is 12.3. The molecule has 0 saturated carbocycles. The Morgan fingerprint density at radius 2 is 0.791 bits per heavy atom. The zero-order valence-corrected chi connectivity index (χ0v) is 25.4. The lowest BCUT2D eigenvalue weighted by atomic mass is 9.15. The van der Waals surface area contributed by atoms with Crippen LogP contribution in [0.2, 0.25) is 12.6 Å². The highest BCUT2D eigenvalue weighted by molar-refractivity contribution is 7.66. The number of hydrogen-bond acceptors (Lipinski definition) is 0. The van der Waals surface area contributed by atoms with E-state index in [4.69, 9.17) is 0 Å². The lowest BCUT2D eigenvalue weighted by molar-refractivity contribution is 0.381. The Hall–Kier alpha value is -2.55. The summed E-state index contributed by atoms with van der Waals surface area (Å²) < 4.78 is 147. The van der Waals surface area contributed by atoms with E-state index in [1.54, 1.807) is 0 Å². The molecular weight excluding hydrogens is 604 g/mol. The number of halogens is 10. The molecule has 0 N–H and O–H groups in total. The first-order valence-corrected chi connectivity index (χ1v) is 15.8. The van der Waals surface area contributed by atoms with Gasteiger partial charge in [0.15, 0.2) is 34.9 Å². The zero-order valence-electron chi connectivity index (χ0n) is 24.5. The van der Waals surface area contributed by atoms with E-state index in [2.05, 4.69) is 12.1 Å². The highest BCUT2D eigenvalue weighted by Gasteiger charge is 2.45. The van der Waals surface area contributed by atoms with Gasteiger partial charge in [-0.25, -0.2) is 43.9 Å². The second kappa shape index (κ2) is 12.1. The average Bonchev–Trinajstić information content (AvgIpc) is 2.96. The van der Waals surface area contributed by atoms with Gasteiger partial charge in [0.2, 0.25) is 0 Å². The third-order valence-electron chi connectivity index (χ3n) is 8.79. The molecule has 12 heteroatoms. The molecule has 4 rings (SSSR count). The van der Waals surface area contributed by atoms with E-state index in [9.17, 15) is 26.3 Å². The van der Waals surface area contributed by atoms with Gasteiger partial charge >= 0.3 is 0 Å². The van der Waals surface area contributed by atoms with Crippen molar-refractivity contribution >= 4 is 30.3 Å². The first kappa shape index (κ1) is 33.4. The third-order valence-corrected chi connectivity index (χ3v) is 11.5. The van der Waals surface area contributed by atoms with Crippen molar-refractivity contribution in [2.45, 2.75) is 71.9 Å². The van der Waals surface area contributed by atoms with Gasteiger partial charge < -0.3 is 0 Å². The monoisotopic (exact) mass is 635 g/mol. The SMILES string of the molecule is CC(C)c1cc(C(C)C)c(P2CC[B-](c3c(F)c(F)c(F)c(F)c3F)(c3c(F)c(F)c(F)c(F)c3F)CC2)c(C(C)C)c1. The van der Waals surface area contributed by atoms with E-state index >= 15 is 17.6 Å². The van der Waals surface area contributed by atoms with Crippen LogP contribution in [0.4, 0.5) is 43.9 Å². The normalized spacial score (nSPS) is 15.8. The maximum Gasteiger partial charge on any atom is 0.200 e. The van der Waals surface area contributed by atoms with Crippen LogP contribution in [0.1, 0.15) is 76.0 Å². The summed E-state index contributed by atoms with van der Waals surface area (Å²) in [6, 6.07) is 4.14. The molecule has 1 saturated heterocycles. The van der Waals surface area contributed by atoms with Crippen LogP contribution < -0.4 is 16.2 Å². The summed E-state index contributed by atoms with van der Waals surface area (Å²) in [4.78, 5) is 0. The van der Waals surface area contributed by atoms with Gasteiger partial charge in [-0.3, -0.25) is 0 Å². The summed E-state index contributed by atoms with van der Waals surface area (Å²) >= 11 is 0. The molecule has 0 amide bonds. The Labute approximate surface area is 245 Å². The van der Waals surface area contributed by atoms with Crippen molar-refractivity contribution in [1.82, 2.24) is 0 Å². The van der Waals surface area contributed by atoms with E-state index in [0.717, 1.165) is 22.0 Å². The highest BCUT2D eigenvalue weighted by Crippen LogP contribution is 2.49. The maximum atomic E-state index is 15.3. The Bertz CT molecular complexity index is 1420. The van der Waals surface area contributed by atoms with Crippen molar-refractivity contribution in [2.75, 3.05) is 12.3 Å². The molecule has 0 unspecified atom stereocenters. The van der Waals surface area contributed by atoms with Gasteiger partial charge in [-0.15, -0.1) is 10.9 Å². The van der Waals surface area contributed by atoms with Crippen LogP contribution in [0.5, 0.6) is 0 Å². The first-order valence-electron chi connectivity index (χ1n) is 14.1. The summed E-state index contributed by atoms with van der Waals surface area (Å²) in [6.07, 6.45) is -4.83. The molecule has 3 aromatic carbocycles. The Balaban J connectivity index is 2.00. The fourth-order valence-corrected chi connectivity index (χ4v) is 10.0. The number of rotatable bonds is 6. The topological polar surface area (TPSA) is 0 Å². The predicted molar refractivity (Wildman–Crippen MR) is 152 cm³/mol. The average molecular weight is 635 g/mol. The third kappa shape index (κ3) is 5.38. The molecule has 1 heterocycles. The van der Waals surface area contributed by atoms with Crippen LogP contribution >= 0.6 is 7.92 Å². The van der Waals surface area contributed by atoms with E-state index in [0.29, 0.717) is 0 Å². The Morgan fingerprint density at radius 3 is 1.07 bits per heavy atom. The van der Waals surface area contributed by atoms with E-state index in [-0.39, 0.29) is 30.1 Å². The molecule has 0 aromatic heterocycles. The molecule has 43 heavy (non-hydrogen) atoms. The lowest BCUT2D eigenvalue weighted by Crippen LogP contribution is -2.65. The van der Waals surface area contributed by atoms with Gasteiger partial charge in [0.05, 0.1) is 6.15 Å². The molecule has 1 aliphatic heterocycles. The Morgan fingerprint density at radius 1 is 0.488 bits per heavy atom. The number of hydrogen-bond donors (Lipinski definition) is 0. The Kier molecular flexibility index (Phi) is 9.38. The van der Waals surface area contributed by atoms with Crippen molar-refractivity contribution in [1.29, 1.82) is 0 Å². The van der Waals surface area contributed by atoms with Gasteiger partial charge in [-0.05, 0) is 39.7 Å². The van der Waals surface area contributed by atoms with Crippen LogP contribution in [0.3, 0.4) is 0 Å². The predicted octanol–water partition coefficient (Wildman–Crippen LogP) is 8.83. The fraction of sp³-hybridized carbons (Fsp3) is 0.419. The molecule has 0 bridgehead atoms. The van der Waals surface area contributed by atoms with Crippen LogP contribution in [0, 0.1) is 58.2 Å². The fourth-order valence-electron chi connectivity index (χ4n) is 6.45. The van der Waals surface area contributed by atoms with E-state index in [1.165, 1.54) is 0 Å². The second-order valence-corrected chi connectivity index (χ2v) is 14.7. The van der Waals surface area contributed by atoms with Crippen molar-refractivity contribution in [3.63, 3.8) is 0 Å². The van der Waals surface area contributed by atoms with Crippen molar-refractivity contribution < 1.29 is 43.9 Å². The highest BCUT2D eigenvalue weighted by atomic mass is 31.1. The van der Waals surface area contributed by atoms with Gasteiger partial charge in [0.1, 0.15) is 23.3 Å². The molecule has 0 radical (unpaired) electrons.